The fraction of sp³-hybridized carbons (Fsp3) is 0.278. The van der Waals surface area contributed by atoms with E-state index in [1.54, 1.807) is 30.3 Å². The van der Waals surface area contributed by atoms with Crippen LogP contribution in [0.4, 0.5) is 0 Å². The van der Waals surface area contributed by atoms with E-state index in [-0.39, 0.29) is 37.1 Å². The Labute approximate surface area is 192 Å². The Kier molecular flexibility index (Phi) is 10.0. The molecule has 0 amide bonds. The maximum Gasteiger partial charge on any atom is 0.301 e. The third-order valence-corrected chi connectivity index (χ3v) is 6.31. The number of benzene rings is 2. The number of nitrogens with two attached hydrogens (primary N) is 2. The van der Waals surface area contributed by atoms with Crippen LogP contribution in [0.1, 0.15) is 6.42 Å². The number of halogens is 1. The maximum absolute atomic E-state index is 13.0. The van der Waals surface area contributed by atoms with Gasteiger partial charge in [-0.15, -0.1) is 12.4 Å². The van der Waals surface area contributed by atoms with Gasteiger partial charge in [-0.3, -0.25) is 0 Å². The molecule has 1 atom stereocenters. The van der Waals surface area contributed by atoms with Crippen LogP contribution in [-0.2, 0) is 29.0 Å². The smallest absolute Gasteiger partial charge is 0.301 e. The monoisotopic (exact) mass is 509 g/mol. The molecule has 178 valence electrons. The zero-order valence-electron chi connectivity index (χ0n) is 17.2. The zero-order chi connectivity index (χ0) is 23.1. The first kappa shape index (κ1) is 27.3. The average Bonchev–Trinajstić information content (AvgIpc) is 2.70. The summed E-state index contributed by atoms with van der Waals surface area (Å²) in [5.74, 6) is 0.132. The molecule has 2 rings (SSSR count). The molecule has 32 heavy (non-hydrogen) atoms. The lowest BCUT2D eigenvalue weighted by Crippen LogP contribution is -2.27. The summed E-state index contributed by atoms with van der Waals surface area (Å²) in [6.45, 7) is -0.151. The summed E-state index contributed by atoms with van der Waals surface area (Å²) in [7, 11) is -7.18. The summed E-state index contributed by atoms with van der Waals surface area (Å²) in [6.07, 6.45) is -0.599. The Hall–Kier alpha value is -2.74. The van der Waals surface area contributed by atoms with E-state index in [2.05, 4.69) is 5.16 Å². The zero-order valence-corrected chi connectivity index (χ0v) is 19.7. The third-order valence-electron chi connectivity index (χ3n) is 3.68. The summed E-state index contributed by atoms with van der Waals surface area (Å²) in [5.41, 5.74) is 10.3. The Morgan fingerprint density at radius 1 is 1.00 bits per heavy atom. The van der Waals surface area contributed by atoms with E-state index in [0.29, 0.717) is 5.75 Å². The van der Waals surface area contributed by atoms with Crippen molar-refractivity contribution < 1.29 is 35.3 Å². The first-order valence-corrected chi connectivity index (χ1v) is 12.1. The van der Waals surface area contributed by atoms with Crippen LogP contribution in [0.3, 0.4) is 0 Å². The van der Waals surface area contributed by atoms with Crippen molar-refractivity contribution in [1.82, 2.24) is 0 Å². The molecule has 0 aliphatic heterocycles. The molecule has 0 aromatic heterocycles. The van der Waals surface area contributed by atoms with E-state index in [1.807, 2.05) is 0 Å². The van der Waals surface area contributed by atoms with Crippen LogP contribution in [0, 0.1) is 0 Å². The van der Waals surface area contributed by atoms with E-state index in [1.165, 1.54) is 13.2 Å². The summed E-state index contributed by atoms with van der Waals surface area (Å²) >= 11 is 0. The van der Waals surface area contributed by atoms with Crippen molar-refractivity contribution in [2.75, 3.05) is 20.0 Å². The first-order chi connectivity index (χ1) is 14.5. The first-order valence-electron chi connectivity index (χ1n) is 8.77. The molecule has 1 unspecified atom stereocenters. The molecule has 11 nitrogen and oxygen atoms in total. The fourth-order valence-electron chi connectivity index (χ4n) is 2.36. The van der Waals surface area contributed by atoms with Crippen molar-refractivity contribution in [1.29, 1.82) is 0 Å². The summed E-state index contributed by atoms with van der Waals surface area (Å²) in [5, 5.41) is 3.34. The van der Waals surface area contributed by atoms with Crippen LogP contribution in [0.5, 0.6) is 11.5 Å². The topological polar surface area (TPSA) is 170 Å². The highest BCUT2D eigenvalue weighted by Crippen LogP contribution is 2.29. The number of ether oxygens (including phenoxy) is 2. The average molecular weight is 510 g/mol. The lowest BCUT2D eigenvalue weighted by atomic mass is 10.3. The molecular weight excluding hydrogens is 486 g/mol. The molecule has 0 spiro atoms. The molecule has 0 aliphatic rings. The number of oxime groups is 1. The highest BCUT2D eigenvalue weighted by atomic mass is 35.5. The molecule has 2 aromatic carbocycles. The second kappa shape index (κ2) is 11.8. The minimum Gasteiger partial charge on any atom is -0.497 e. The Balaban J connectivity index is 0.00000512. The summed E-state index contributed by atoms with van der Waals surface area (Å²) < 4.78 is 66.0. The van der Waals surface area contributed by atoms with Gasteiger partial charge in [0, 0.05) is 18.7 Å². The Morgan fingerprint density at radius 2 is 1.66 bits per heavy atom. The number of rotatable bonds is 11. The highest BCUT2D eigenvalue weighted by molar-refractivity contribution is 7.92. The second-order valence-electron chi connectivity index (χ2n) is 6.13. The van der Waals surface area contributed by atoms with Gasteiger partial charge < -0.3 is 25.8 Å². The fourth-order valence-corrected chi connectivity index (χ4v) is 4.95. The lowest BCUT2D eigenvalue weighted by molar-refractivity contribution is -0.0172. The molecule has 0 fully saturated rings. The normalized spacial score (nSPS) is 12.2. The number of hydrogen-bond acceptors (Lipinski definition) is 9. The second-order valence-corrected chi connectivity index (χ2v) is 9.66. The van der Waals surface area contributed by atoms with Gasteiger partial charge in [-0.25, -0.2) is 12.6 Å². The number of sulfone groups is 1. The maximum atomic E-state index is 13.0. The van der Waals surface area contributed by atoms with Gasteiger partial charge in [-0.05, 0) is 29.4 Å². The molecule has 0 aliphatic carbocycles. The van der Waals surface area contributed by atoms with Gasteiger partial charge in [0.2, 0.25) is 12.2 Å². The molecule has 0 heterocycles. The van der Waals surface area contributed by atoms with Gasteiger partial charge >= 0.3 is 10.1 Å². The number of para-hydroxylation sites is 1. The molecule has 14 heteroatoms. The largest absolute Gasteiger partial charge is 0.497 e. The number of hydrogen-bond donors (Lipinski definition) is 2. The van der Waals surface area contributed by atoms with Crippen LogP contribution in [0.2, 0.25) is 0 Å². The van der Waals surface area contributed by atoms with Gasteiger partial charge in [-0.2, -0.15) is 8.42 Å². The lowest BCUT2D eigenvalue weighted by Gasteiger charge is -2.20. The minimum atomic E-state index is -4.60. The van der Waals surface area contributed by atoms with Crippen molar-refractivity contribution in [3.63, 3.8) is 0 Å². The number of guanidine groups is 1. The van der Waals surface area contributed by atoms with Crippen molar-refractivity contribution >= 4 is 38.3 Å². The van der Waals surface area contributed by atoms with E-state index in [4.69, 9.17) is 30.0 Å². The highest BCUT2D eigenvalue weighted by Gasteiger charge is 2.30. The van der Waals surface area contributed by atoms with Crippen molar-refractivity contribution in [2.45, 2.75) is 22.5 Å². The SMILES string of the molecule is COc1ccc(S(C)(=O)=O)c(S(=O)(=O)OC(CCON=C(N)N)Oc2ccccc2)c1.Cl. The van der Waals surface area contributed by atoms with Gasteiger partial charge in [0.1, 0.15) is 23.0 Å². The number of nitrogens with zero attached hydrogens (tertiary/aromatic N) is 1. The van der Waals surface area contributed by atoms with Gasteiger partial charge in [0.25, 0.3) is 0 Å². The molecule has 2 aromatic rings. The van der Waals surface area contributed by atoms with Gasteiger partial charge in [0.15, 0.2) is 9.84 Å². The standard InChI is InChI=1S/C18H23N3O8S2.ClH/c1-26-14-8-9-15(30(2,22)23)16(12-14)31(24,25)29-17(10-11-27-21-18(19)20)28-13-6-4-3-5-7-13;/h3-9,12,17H,10-11H2,1-2H3,(H4,19,20,21);1H. The van der Waals surface area contributed by atoms with Crippen LogP contribution in [0.25, 0.3) is 0 Å². The predicted molar refractivity (Wildman–Crippen MR) is 119 cm³/mol. The molecule has 4 N–H and O–H groups in total. The van der Waals surface area contributed by atoms with E-state index >= 15 is 0 Å². The van der Waals surface area contributed by atoms with Crippen molar-refractivity contribution in [2.24, 2.45) is 16.6 Å². The quantitative estimate of drug-likeness (QED) is 0.112. The molecule has 0 radical (unpaired) electrons. The minimum absolute atomic E-state index is 0. The molecule has 0 saturated carbocycles. The van der Waals surface area contributed by atoms with Crippen LogP contribution in [-0.4, -0.2) is 49.1 Å². The molecule has 0 saturated heterocycles. The van der Waals surface area contributed by atoms with Crippen molar-refractivity contribution in [3.8, 4) is 11.5 Å². The van der Waals surface area contributed by atoms with E-state index in [0.717, 1.165) is 18.4 Å². The Bertz CT molecular complexity index is 1120. The van der Waals surface area contributed by atoms with Gasteiger partial charge in [-0.1, -0.05) is 18.2 Å². The Morgan fingerprint density at radius 3 is 2.22 bits per heavy atom. The van der Waals surface area contributed by atoms with E-state index < -0.39 is 36.0 Å². The molecule has 0 bridgehead atoms. The molecular formula is C18H24ClN3O8S2. The van der Waals surface area contributed by atoms with Crippen LogP contribution in [0.15, 0.2) is 63.5 Å². The van der Waals surface area contributed by atoms with Crippen molar-refractivity contribution in [3.05, 3.63) is 48.5 Å². The summed E-state index contributed by atoms with van der Waals surface area (Å²) in [6, 6.07) is 11.8. The van der Waals surface area contributed by atoms with Crippen LogP contribution < -0.4 is 20.9 Å². The summed E-state index contributed by atoms with van der Waals surface area (Å²) in [4.78, 5) is 3.84. The predicted octanol–water partition coefficient (Wildman–Crippen LogP) is 1.23. The van der Waals surface area contributed by atoms with Gasteiger partial charge in [0.05, 0.1) is 12.0 Å². The number of methoxy groups -OCH3 is 1. The van der Waals surface area contributed by atoms with E-state index in [9.17, 15) is 16.8 Å². The van der Waals surface area contributed by atoms with Crippen LogP contribution >= 0.6 is 12.4 Å². The third kappa shape index (κ3) is 8.07.